The minimum absolute atomic E-state index is 0.0550. The number of carbonyl (C=O) groups is 1. The summed E-state index contributed by atoms with van der Waals surface area (Å²) in [5.74, 6) is -0.167. The van der Waals surface area contributed by atoms with Crippen molar-refractivity contribution >= 4 is 5.97 Å². The number of aliphatic hydroxyl groups excluding tert-OH is 1. The molecule has 1 aromatic heterocycles. The van der Waals surface area contributed by atoms with Crippen LogP contribution in [-0.4, -0.2) is 58.1 Å². The average Bonchev–Trinajstić information content (AvgIpc) is 2.92. The Bertz CT molecular complexity index is 408. The zero-order valence-corrected chi connectivity index (χ0v) is 11.9. The molecule has 1 fully saturated rings. The van der Waals surface area contributed by atoms with Crippen LogP contribution < -0.4 is 0 Å². The van der Waals surface area contributed by atoms with E-state index < -0.39 is 6.10 Å². The number of β-amino-alcohol motifs (C(OH)–C–C–N with tert-alkyl or cyclic N) is 1. The lowest BCUT2D eigenvalue weighted by molar-refractivity contribution is -0.150. The van der Waals surface area contributed by atoms with Crippen molar-refractivity contribution in [2.75, 3.05) is 26.2 Å². The quantitative estimate of drug-likeness (QED) is 0.770. The predicted octanol–water partition coefficient (Wildman–Crippen LogP) is 0.519. The summed E-state index contributed by atoms with van der Waals surface area (Å²) in [6.07, 6.45) is 4.91. The number of likely N-dealkylation sites (tertiary alicyclic amines) is 1. The average molecular weight is 281 g/mol. The Kier molecular flexibility index (Phi) is 5.55. The normalized spacial score (nSPS) is 21.6. The molecule has 0 spiro atoms. The van der Waals surface area contributed by atoms with E-state index in [1.807, 2.05) is 19.2 Å². The van der Waals surface area contributed by atoms with Gasteiger partial charge in [0.15, 0.2) is 0 Å². The van der Waals surface area contributed by atoms with Crippen molar-refractivity contribution in [1.29, 1.82) is 0 Å². The van der Waals surface area contributed by atoms with Crippen LogP contribution in [-0.2, 0) is 16.1 Å². The molecule has 1 aliphatic heterocycles. The second-order valence-corrected chi connectivity index (χ2v) is 5.23. The van der Waals surface area contributed by atoms with Crippen LogP contribution in [0.4, 0.5) is 0 Å². The van der Waals surface area contributed by atoms with Crippen LogP contribution in [0.3, 0.4) is 0 Å². The van der Waals surface area contributed by atoms with Crippen molar-refractivity contribution in [1.82, 2.24) is 14.7 Å². The topological polar surface area (TPSA) is 67.6 Å². The van der Waals surface area contributed by atoms with Crippen molar-refractivity contribution < 1.29 is 14.6 Å². The Morgan fingerprint density at radius 1 is 1.55 bits per heavy atom. The predicted molar refractivity (Wildman–Crippen MR) is 74.0 cm³/mol. The summed E-state index contributed by atoms with van der Waals surface area (Å²) in [5.41, 5.74) is 0. The molecule has 2 unspecified atom stereocenters. The molecule has 2 rings (SSSR count). The minimum Gasteiger partial charge on any atom is -0.466 e. The molecule has 112 valence electrons. The lowest BCUT2D eigenvalue weighted by atomic mass is 9.98. The van der Waals surface area contributed by atoms with E-state index in [-0.39, 0.29) is 11.9 Å². The van der Waals surface area contributed by atoms with Gasteiger partial charge in [-0.15, -0.1) is 0 Å². The van der Waals surface area contributed by atoms with Crippen LogP contribution in [0.2, 0.25) is 0 Å². The Morgan fingerprint density at radius 3 is 3.10 bits per heavy atom. The fourth-order valence-electron chi connectivity index (χ4n) is 2.65. The molecule has 1 aromatic rings. The smallest absolute Gasteiger partial charge is 0.310 e. The van der Waals surface area contributed by atoms with Gasteiger partial charge in [0, 0.05) is 25.5 Å². The molecule has 1 N–H and O–H groups in total. The third-order valence-electron chi connectivity index (χ3n) is 3.55. The highest BCUT2D eigenvalue weighted by Gasteiger charge is 2.27. The summed E-state index contributed by atoms with van der Waals surface area (Å²) in [7, 11) is 0. The van der Waals surface area contributed by atoms with E-state index in [4.69, 9.17) is 4.74 Å². The summed E-state index contributed by atoms with van der Waals surface area (Å²) in [6, 6.07) is 1.84. The van der Waals surface area contributed by atoms with E-state index in [1.54, 1.807) is 10.9 Å². The maximum atomic E-state index is 11.8. The molecule has 0 saturated carbocycles. The molecule has 1 saturated heterocycles. The van der Waals surface area contributed by atoms with E-state index in [2.05, 4.69) is 10.00 Å². The number of hydrogen-bond donors (Lipinski definition) is 1. The summed E-state index contributed by atoms with van der Waals surface area (Å²) < 4.78 is 6.80. The number of nitrogens with zero attached hydrogens (tertiary/aromatic N) is 3. The van der Waals surface area contributed by atoms with Crippen molar-refractivity contribution in [3.05, 3.63) is 18.5 Å². The number of aromatic nitrogens is 2. The van der Waals surface area contributed by atoms with Gasteiger partial charge in [-0.05, 0) is 32.4 Å². The maximum Gasteiger partial charge on any atom is 0.310 e. The second kappa shape index (κ2) is 7.40. The third-order valence-corrected chi connectivity index (χ3v) is 3.55. The molecule has 0 bridgehead atoms. The molecule has 0 amide bonds. The second-order valence-electron chi connectivity index (χ2n) is 5.23. The molecule has 2 heterocycles. The fraction of sp³-hybridized carbons (Fsp3) is 0.714. The number of esters is 1. The van der Waals surface area contributed by atoms with Crippen LogP contribution in [0, 0.1) is 5.92 Å². The highest BCUT2D eigenvalue weighted by atomic mass is 16.5. The van der Waals surface area contributed by atoms with E-state index in [0.29, 0.717) is 26.2 Å². The number of hydrogen-bond acceptors (Lipinski definition) is 5. The van der Waals surface area contributed by atoms with Crippen LogP contribution in [0.25, 0.3) is 0 Å². The Morgan fingerprint density at radius 2 is 2.40 bits per heavy atom. The van der Waals surface area contributed by atoms with E-state index in [0.717, 1.165) is 19.4 Å². The molecular formula is C14H23N3O3. The number of ether oxygens (including phenoxy) is 1. The lowest BCUT2D eigenvalue weighted by Crippen LogP contribution is -2.43. The Labute approximate surface area is 119 Å². The molecule has 2 atom stereocenters. The number of carbonyl (C=O) groups excluding carboxylic acids is 1. The first-order valence-electron chi connectivity index (χ1n) is 7.23. The summed E-state index contributed by atoms with van der Waals surface area (Å²) in [6.45, 7) is 4.90. The number of piperidine rings is 1. The van der Waals surface area contributed by atoms with E-state index >= 15 is 0 Å². The number of aliphatic hydroxyl groups is 1. The van der Waals surface area contributed by atoms with Crippen LogP contribution in [0.1, 0.15) is 19.8 Å². The zero-order valence-electron chi connectivity index (χ0n) is 11.9. The minimum atomic E-state index is -0.476. The molecule has 1 aliphatic rings. The Balaban J connectivity index is 1.78. The highest BCUT2D eigenvalue weighted by Crippen LogP contribution is 2.18. The first kappa shape index (κ1) is 15.0. The monoisotopic (exact) mass is 281 g/mol. The molecule has 20 heavy (non-hydrogen) atoms. The molecule has 0 aliphatic carbocycles. The van der Waals surface area contributed by atoms with Crippen LogP contribution in [0.15, 0.2) is 18.5 Å². The van der Waals surface area contributed by atoms with Gasteiger partial charge in [0.2, 0.25) is 0 Å². The van der Waals surface area contributed by atoms with Crippen molar-refractivity contribution in [2.24, 2.45) is 5.92 Å². The zero-order chi connectivity index (χ0) is 14.4. The maximum absolute atomic E-state index is 11.8. The van der Waals surface area contributed by atoms with Crippen molar-refractivity contribution in [3.63, 3.8) is 0 Å². The number of rotatable bonds is 6. The standard InChI is InChI=1S/C14H23N3O3/c1-2-20-14(19)12-5-3-7-16(9-12)10-13(18)11-17-8-4-6-15-17/h4,6,8,12-13,18H,2-3,5,7,9-11H2,1H3. The summed E-state index contributed by atoms with van der Waals surface area (Å²) in [4.78, 5) is 13.9. The fourth-order valence-corrected chi connectivity index (χ4v) is 2.65. The van der Waals surface area contributed by atoms with Gasteiger partial charge >= 0.3 is 5.97 Å². The lowest BCUT2D eigenvalue weighted by Gasteiger charge is -2.32. The van der Waals surface area contributed by atoms with Crippen molar-refractivity contribution in [2.45, 2.75) is 32.4 Å². The van der Waals surface area contributed by atoms with Gasteiger partial charge in [0.25, 0.3) is 0 Å². The molecule has 6 heteroatoms. The van der Waals surface area contributed by atoms with E-state index in [9.17, 15) is 9.90 Å². The largest absolute Gasteiger partial charge is 0.466 e. The molecule has 0 radical (unpaired) electrons. The molecular weight excluding hydrogens is 258 g/mol. The molecule has 0 aromatic carbocycles. The van der Waals surface area contributed by atoms with Crippen LogP contribution in [0.5, 0.6) is 0 Å². The Hall–Kier alpha value is -1.40. The van der Waals surface area contributed by atoms with Gasteiger partial charge in [-0.1, -0.05) is 0 Å². The SMILES string of the molecule is CCOC(=O)C1CCCN(CC(O)Cn2cccn2)C1. The highest BCUT2D eigenvalue weighted by molar-refractivity contribution is 5.72. The van der Waals surface area contributed by atoms with Crippen LogP contribution >= 0.6 is 0 Å². The van der Waals surface area contributed by atoms with E-state index in [1.165, 1.54) is 0 Å². The van der Waals surface area contributed by atoms with Gasteiger partial charge in [0.1, 0.15) is 0 Å². The van der Waals surface area contributed by atoms with Gasteiger partial charge in [-0.2, -0.15) is 5.10 Å². The summed E-state index contributed by atoms with van der Waals surface area (Å²) >= 11 is 0. The third kappa shape index (κ3) is 4.31. The van der Waals surface area contributed by atoms with Gasteiger partial charge in [-0.25, -0.2) is 0 Å². The summed E-state index contributed by atoms with van der Waals surface area (Å²) in [5, 5.41) is 14.2. The van der Waals surface area contributed by atoms with Gasteiger partial charge in [-0.3, -0.25) is 14.4 Å². The van der Waals surface area contributed by atoms with Crippen molar-refractivity contribution in [3.8, 4) is 0 Å². The first-order valence-corrected chi connectivity index (χ1v) is 7.23. The van der Waals surface area contributed by atoms with Gasteiger partial charge in [0.05, 0.1) is 25.2 Å². The molecule has 6 nitrogen and oxygen atoms in total. The van der Waals surface area contributed by atoms with Gasteiger partial charge < -0.3 is 9.84 Å². The first-order chi connectivity index (χ1) is 9.69.